The van der Waals surface area contributed by atoms with Crippen LogP contribution in [0.3, 0.4) is 0 Å². The van der Waals surface area contributed by atoms with E-state index in [0.717, 1.165) is 19.3 Å². The predicted molar refractivity (Wildman–Crippen MR) is 93.4 cm³/mol. The van der Waals surface area contributed by atoms with E-state index in [9.17, 15) is 9.90 Å². The number of pyridine rings is 1. The van der Waals surface area contributed by atoms with Crippen LogP contribution < -0.4 is 4.74 Å². The Labute approximate surface area is 149 Å². The van der Waals surface area contributed by atoms with E-state index < -0.39 is 11.2 Å². The Bertz CT molecular complexity index is 627. The van der Waals surface area contributed by atoms with Gasteiger partial charge in [-0.3, -0.25) is 0 Å². The SMILES string of the molecule is COc1ncccc1C1(O)CC2CCCC(C1)N2C(=O)OC(C)(C)C. The maximum absolute atomic E-state index is 12.7. The standard InChI is InChI=1S/C19H28N2O4/c1-18(2,3)25-17(22)21-13-7-5-8-14(21)12-19(23,11-13)15-9-6-10-20-16(15)24-4/h6,9-10,13-14,23H,5,7-8,11-12H2,1-4H3. The first-order valence-corrected chi connectivity index (χ1v) is 8.97. The van der Waals surface area contributed by atoms with E-state index in [0.29, 0.717) is 24.3 Å². The number of fused-ring (bicyclic) bond motifs is 2. The van der Waals surface area contributed by atoms with Gasteiger partial charge in [0.15, 0.2) is 0 Å². The molecule has 2 saturated heterocycles. The van der Waals surface area contributed by atoms with Crippen molar-refractivity contribution in [2.75, 3.05) is 7.11 Å². The van der Waals surface area contributed by atoms with Gasteiger partial charge in [0.1, 0.15) is 5.60 Å². The summed E-state index contributed by atoms with van der Waals surface area (Å²) in [6.45, 7) is 5.63. The quantitative estimate of drug-likeness (QED) is 0.888. The largest absolute Gasteiger partial charge is 0.481 e. The van der Waals surface area contributed by atoms with Crippen molar-refractivity contribution in [3.63, 3.8) is 0 Å². The molecule has 2 atom stereocenters. The van der Waals surface area contributed by atoms with Crippen LogP contribution in [0.15, 0.2) is 18.3 Å². The molecule has 2 bridgehead atoms. The first kappa shape index (κ1) is 18.0. The molecule has 6 heteroatoms. The molecule has 2 aliphatic rings. The number of amides is 1. The van der Waals surface area contributed by atoms with Gasteiger partial charge in [-0.15, -0.1) is 0 Å². The fraction of sp³-hybridized carbons (Fsp3) is 0.684. The molecule has 0 saturated carbocycles. The van der Waals surface area contributed by atoms with Gasteiger partial charge in [0.05, 0.1) is 12.7 Å². The number of aliphatic hydroxyl groups is 1. The van der Waals surface area contributed by atoms with Crippen molar-refractivity contribution in [3.8, 4) is 5.88 Å². The molecule has 0 radical (unpaired) electrons. The van der Waals surface area contributed by atoms with Crippen molar-refractivity contribution in [2.24, 2.45) is 0 Å². The Hall–Kier alpha value is -1.82. The number of carbonyl (C=O) groups is 1. The molecular formula is C19H28N2O4. The molecule has 1 N–H and O–H groups in total. The summed E-state index contributed by atoms with van der Waals surface area (Å²) in [4.78, 5) is 18.8. The molecule has 1 amide bonds. The number of nitrogens with zero attached hydrogens (tertiary/aromatic N) is 2. The minimum atomic E-state index is -1.03. The van der Waals surface area contributed by atoms with Crippen LogP contribution in [0.5, 0.6) is 5.88 Å². The lowest BCUT2D eigenvalue weighted by molar-refractivity contribution is -0.0974. The monoisotopic (exact) mass is 348 g/mol. The molecule has 2 aliphatic heterocycles. The molecule has 25 heavy (non-hydrogen) atoms. The number of hydrogen-bond donors (Lipinski definition) is 1. The smallest absolute Gasteiger partial charge is 0.410 e. The first-order valence-electron chi connectivity index (χ1n) is 8.97. The van der Waals surface area contributed by atoms with Gasteiger partial charge < -0.3 is 19.5 Å². The molecule has 0 aliphatic carbocycles. The summed E-state index contributed by atoms with van der Waals surface area (Å²) >= 11 is 0. The molecule has 0 aromatic carbocycles. The Morgan fingerprint density at radius 2 is 1.96 bits per heavy atom. The zero-order valence-electron chi connectivity index (χ0n) is 15.5. The Morgan fingerprint density at radius 1 is 1.32 bits per heavy atom. The fourth-order valence-corrected chi connectivity index (χ4v) is 4.17. The highest BCUT2D eigenvalue weighted by molar-refractivity contribution is 5.69. The summed E-state index contributed by atoms with van der Waals surface area (Å²) in [5.74, 6) is 0.453. The van der Waals surface area contributed by atoms with Gasteiger partial charge in [0.25, 0.3) is 0 Å². The summed E-state index contributed by atoms with van der Waals surface area (Å²) in [5, 5.41) is 11.4. The van der Waals surface area contributed by atoms with Crippen molar-refractivity contribution in [1.29, 1.82) is 0 Å². The normalized spacial score (nSPS) is 29.2. The van der Waals surface area contributed by atoms with Gasteiger partial charge in [-0.1, -0.05) is 0 Å². The van der Waals surface area contributed by atoms with Crippen LogP contribution in [0.2, 0.25) is 0 Å². The molecule has 2 unspecified atom stereocenters. The lowest BCUT2D eigenvalue weighted by Crippen LogP contribution is -2.59. The second-order valence-electron chi connectivity index (χ2n) is 8.13. The highest BCUT2D eigenvalue weighted by Gasteiger charge is 2.50. The van der Waals surface area contributed by atoms with Crippen LogP contribution in [-0.2, 0) is 10.3 Å². The number of rotatable bonds is 2. The van der Waals surface area contributed by atoms with Gasteiger partial charge in [0, 0.05) is 36.7 Å². The molecule has 138 valence electrons. The van der Waals surface area contributed by atoms with Crippen molar-refractivity contribution in [2.45, 2.75) is 76.2 Å². The number of carbonyl (C=O) groups excluding carboxylic acids is 1. The van der Waals surface area contributed by atoms with Gasteiger partial charge in [-0.05, 0) is 52.2 Å². The van der Waals surface area contributed by atoms with E-state index in [1.165, 1.54) is 0 Å². The topological polar surface area (TPSA) is 71.9 Å². The molecule has 3 heterocycles. The number of methoxy groups -OCH3 is 1. The Kier molecular flexibility index (Phi) is 4.66. The fourth-order valence-electron chi connectivity index (χ4n) is 4.17. The summed E-state index contributed by atoms with van der Waals surface area (Å²) in [6, 6.07) is 3.62. The van der Waals surface area contributed by atoms with E-state index >= 15 is 0 Å². The highest BCUT2D eigenvalue weighted by Crippen LogP contribution is 2.46. The Balaban J connectivity index is 1.87. The third-order valence-corrected chi connectivity index (χ3v) is 5.08. The summed E-state index contributed by atoms with van der Waals surface area (Å²) in [6.07, 6.45) is 5.15. The highest BCUT2D eigenvalue weighted by atomic mass is 16.6. The van der Waals surface area contributed by atoms with E-state index in [4.69, 9.17) is 9.47 Å². The van der Waals surface area contributed by atoms with Crippen LogP contribution in [0.1, 0.15) is 58.4 Å². The minimum Gasteiger partial charge on any atom is -0.481 e. The zero-order chi connectivity index (χ0) is 18.2. The van der Waals surface area contributed by atoms with Crippen molar-refractivity contribution < 1.29 is 19.4 Å². The van der Waals surface area contributed by atoms with Crippen LogP contribution in [-0.4, -0.2) is 45.9 Å². The maximum Gasteiger partial charge on any atom is 0.410 e. The van der Waals surface area contributed by atoms with Gasteiger partial charge in [0.2, 0.25) is 5.88 Å². The number of hydrogen-bond acceptors (Lipinski definition) is 5. The van der Waals surface area contributed by atoms with Gasteiger partial charge in [-0.2, -0.15) is 0 Å². The molecule has 6 nitrogen and oxygen atoms in total. The van der Waals surface area contributed by atoms with Gasteiger partial charge >= 0.3 is 6.09 Å². The minimum absolute atomic E-state index is 0.0303. The van der Waals surface area contributed by atoms with Gasteiger partial charge in [-0.25, -0.2) is 9.78 Å². The van der Waals surface area contributed by atoms with Crippen LogP contribution >= 0.6 is 0 Å². The van der Waals surface area contributed by atoms with Crippen molar-refractivity contribution in [3.05, 3.63) is 23.9 Å². The van der Waals surface area contributed by atoms with Crippen LogP contribution in [0.4, 0.5) is 4.79 Å². The molecule has 1 aromatic rings. The second kappa shape index (κ2) is 6.48. The lowest BCUT2D eigenvalue weighted by atomic mass is 9.73. The Morgan fingerprint density at radius 3 is 2.52 bits per heavy atom. The third kappa shape index (κ3) is 3.59. The maximum atomic E-state index is 12.7. The predicted octanol–water partition coefficient (Wildman–Crippen LogP) is 3.23. The summed E-state index contributed by atoms with van der Waals surface area (Å²) in [5.41, 5.74) is -0.849. The van der Waals surface area contributed by atoms with Crippen molar-refractivity contribution >= 4 is 6.09 Å². The second-order valence-corrected chi connectivity index (χ2v) is 8.13. The molecule has 3 rings (SSSR count). The number of piperidine rings is 2. The third-order valence-electron chi connectivity index (χ3n) is 5.08. The molecule has 0 spiro atoms. The van der Waals surface area contributed by atoms with Crippen LogP contribution in [0.25, 0.3) is 0 Å². The van der Waals surface area contributed by atoms with Crippen molar-refractivity contribution in [1.82, 2.24) is 9.88 Å². The first-order chi connectivity index (χ1) is 11.7. The number of ether oxygens (including phenoxy) is 2. The van der Waals surface area contributed by atoms with E-state index in [2.05, 4.69) is 4.98 Å². The van der Waals surface area contributed by atoms with E-state index in [1.807, 2.05) is 37.8 Å². The van der Waals surface area contributed by atoms with E-state index in [-0.39, 0.29) is 18.2 Å². The average molecular weight is 348 g/mol. The average Bonchev–Trinajstić information content (AvgIpc) is 2.52. The van der Waals surface area contributed by atoms with Crippen LogP contribution in [0, 0.1) is 0 Å². The molecular weight excluding hydrogens is 320 g/mol. The lowest BCUT2D eigenvalue weighted by Gasteiger charge is -2.51. The molecule has 1 aromatic heterocycles. The number of aromatic nitrogens is 1. The molecule has 2 fully saturated rings. The zero-order valence-corrected chi connectivity index (χ0v) is 15.5. The van der Waals surface area contributed by atoms with E-state index in [1.54, 1.807) is 13.3 Å². The summed E-state index contributed by atoms with van der Waals surface area (Å²) < 4.78 is 11.0. The summed E-state index contributed by atoms with van der Waals surface area (Å²) in [7, 11) is 1.56.